The lowest BCUT2D eigenvalue weighted by atomic mass is 9.79. The van der Waals surface area contributed by atoms with E-state index in [0.717, 1.165) is 23.4 Å². The van der Waals surface area contributed by atoms with E-state index in [4.69, 9.17) is 27.9 Å². The molecule has 0 bridgehead atoms. The Morgan fingerprint density at radius 3 is 2.47 bits per heavy atom. The molecule has 2 heterocycles. The number of rotatable bonds is 8. The number of carbonyl (C=O) groups excluding carboxylic acids is 2. The van der Waals surface area contributed by atoms with E-state index in [1.165, 1.54) is 18.2 Å². The van der Waals surface area contributed by atoms with Crippen LogP contribution in [0.3, 0.4) is 0 Å². The maximum Gasteiger partial charge on any atom is 0.416 e. The summed E-state index contributed by atoms with van der Waals surface area (Å²) in [5.41, 5.74) is 1.09. The molecular formula is C31H31Cl2F4N3O3. The third kappa shape index (κ3) is 7.36. The third-order valence-corrected chi connectivity index (χ3v) is 9.05. The lowest BCUT2D eigenvalue weighted by molar-refractivity contribution is -0.137. The highest BCUT2D eigenvalue weighted by atomic mass is 35.5. The van der Waals surface area contributed by atoms with Gasteiger partial charge in [-0.05, 0) is 67.3 Å². The van der Waals surface area contributed by atoms with Crippen molar-refractivity contribution in [1.29, 1.82) is 0 Å². The Morgan fingerprint density at radius 2 is 1.79 bits per heavy atom. The molecule has 0 radical (unpaired) electrons. The summed E-state index contributed by atoms with van der Waals surface area (Å²) in [6, 6.07) is 9.70. The van der Waals surface area contributed by atoms with E-state index in [-0.39, 0.29) is 24.7 Å². The van der Waals surface area contributed by atoms with Crippen molar-refractivity contribution in [2.75, 3.05) is 19.6 Å². The monoisotopic (exact) mass is 639 g/mol. The summed E-state index contributed by atoms with van der Waals surface area (Å²) < 4.78 is 58.6. The van der Waals surface area contributed by atoms with Crippen molar-refractivity contribution in [3.05, 3.63) is 92.4 Å². The van der Waals surface area contributed by atoms with E-state index in [0.29, 0.717) is 72.9 Å². The number of halogens is 6. The van der Waals surface area contributed by atoms with Gasteiger partial charge in [0.1, 0.15) is 11.4 Å². The van der Waals surface area contributed by atoms with Gasteiger partial charge in [0.25, 0.3) is 0 Å². The second kappa shape index (κ2) is 12.9. The van der Waals surface area contributed by atoms with Crippen LogP contribution in [0.1, 0.15) is 61.1 Å². The van der Waals surface area contributed by atoms with E-state index in [1.54, 1.807) is 18.2 Å². The van der Waals surface area contributed by atoms with Crippen molar-refractivity contribution in [1.82, 2.24) is 15.5 Å². The van der Waals surface area contributed by atoms with Gasteiger partial charge < -0.3 is 15.0 Å². The average molecular weight is 641 g/mol. The lowest BCUT2D eigenvalue weighted by Crippen LogP contribution is -2.53. The van der Waals surface area contributed by atoms with Crippen LogP contribution in [-0.2, 0) is 22.3 Å². The summed E-state index contributed by atoms with van der Waals surface area (Å²) in [6.45, 7) is 2.03. The molecule has 1 fully saturated rings. The number of amides is 2. The number of fused-ring (bicyclic) bond motifs is 1. The molecule has 1 saturated heterocycles. The van der Waals surface area contributed by atoms with Crippen LogP contribution in [0.4, 0.5) is 22.4 Å². The number of hydrogen-bond acceptors (Lipinski definition) is 4. The van der Waals surface area contributed by atoms with Gasteiger partial charge in [0.05, 0.1) is 21.5 Å². The van der Waals surface area contributed by atoms with Crippen LogP contribution in [0, 0.1) is 0 Å². The van der Waals surface area contributed by atoms with Crippen molar-refractivity contribution >= 4 is 35.2 Å². The number of ether oxygens (including phenoxy) is 1. The quantitative estimate of drug-likeness (QED) is 0.291. The standard InChI is InChI=1S/C31H31Cl2F4N3O3/c32-25-9-5-20(16-26(25)33)23(28(41)38-18-19-3-6-21(7-4-19)31(35,36)37)2-1-13-40-14-11-30(12-15-40)24-17-22(34)8-10-27(24)39-29(42)43-30/h3-7,9,16-17,23H,1-2,8,10-15,18H2,(H,38,41)(H,39,42). The van der Waals surface area contributed by atoms with Crippen LogP contribution in [0.25, 0.3) is 0 Å². The van der Waals surface area contributed by atoms with Crippen LogP contribution >= 0.6 is 23.2 Å². The van der Waals surface area contributed by atoms with Gasteiger partial charge in [0.15, 0.2) is 0 Å². The summed E-state index contributed by atoms with van der Waals surface area (Å²) in [5, 5.41) is 6.25. The van der Waals surface area contributed by atoms with Crippen LogP contribution in [0.5, 0.6) is 0 Å². The van der Waals surface area contributed by atoms with Gasteiger partial charge in [-0.15, -0.1) is 0 Å². The van der Waals surface area contributed by atoms with Crippen molar-refractivity contribution in [2.45, 2.75) is 62.8 Å². The van der Waals surface area contributed by atoms with E-state index in [2.05, 4.69) is 15.5 Å². The first-order valence-corrected chi connectivity index (χ1v) is 14.9. The van der Waals surface area contributed by atoms with Crippen molar-refractivity contribution < 1.29 is 31.9 Å². The Morgan fingerprint density at radius 1 is 1.07 bits per heavy atom. The molecule has 0 saturated carbocycles. The minimum absolute atomic E-state index is 0.0729. The number of piperidine rings is 1. The van der Waals surface area contributed by atoms with Gasteiger partial charge in [0.2, 0.25) is 5.91 Å². The van der Waals surface area contributed by atoms with Gasteiger partial charge in [0, 0.05) is 50.2 Å². The molecule has 12 heteroatoms. The van der Waals surface area contributed by atoms with Gasteiger partial charge >= 0.3 is 12.3 Å². The number of benzene rings is 2. The predicted molar refractivity (Wildman–Crippen MR) is 155 cm³/mol. The third-order valence-electron chi connectivity index (χ3n) is 8.31. The maximum atomic E-state index is 14.1. The molecule has 43 heavy (non-hydrogen) atoms. The fourth-order valence-electron chi connectivity index (χ4n) is 5.94. The SMILES string of the molecule is O=C1NC2=C(C=C(F)CC2)C2(CCN(CCCC(C(=O)NCc3ccc(C(F)(F)F)cc3)c3ccc(Cl)c(Cl)c3)CC2)O1. The summed E-state index contributed by atoms with van der Waals surface area (Å²) in [5.74, 6) is -1.05. The predicted octanol–water partition coefficient (Wildman–Crippen LogP) is 7.67. The number of alkyl carbamates (subject to hydrolysis) is 1. The summed E-state index contributed by atoms with van der Waals surface area (Å²) in [7, 11) is 0. The normalized spacial score (nSPS) is 19.3. The van der Waals surface area contributed by atoms with Crippen LogP contribution < -0.4 is 10.6 Å². The molecular weight excluding hydrogens is 609 g/mol. The largest absolute Gasteiger partial charge is 0.438 e. The van der Waals surface area contributed by atoms with E-state index in [9.17, 15) is 27.2 Å². The number of likely N-dealkylation sites (tertiary alicyclic amines) is 1. The summed E-state index contributed by atoms with van der Waals surface area (Å²) in [4.78, 5) is 27.8. The van der Waals surface area contributed by atoms with Gasteiger partial charge in [-0.3, -0.25) is 10.1 Å². The second-order valence-electron chi connectivity index (χ2n) is 11.1. The molecule has 6 nitrogen and oxygen atoms in total. The highest BCUT2D eigenvalue weighted by molar-refractivity contribution is 6.42. The molecule has 1 aliphatic carbocycles. The molecule has 2 aromatic carbocycles. The van der Waals surface area contributed by atoms with Gasteiger partial charge in [-0.25, -0.2) is 9.18 Å². The molecule has 2 aliphatic heterocycles. The topological polar surface area (TPSA) is 70.7 Å². The zero-order valence-corrected chi connectivity index (χ0v) is 24.7. The molecule has 1 atom stereocenters. The zero-order chi connectivity index (χ0) is 30.8. The first-order valence-electron chi connectivity index (χ1n) is 14.1. The molecule has 5 rings (SSSR count). The van der Waals surface area contributed by atoms with Crippen molar-refractivity contribution in [3.8, 4) is 0 Å². The minimum atomic E-state index is -4.43. The first kappa shape index (κ1) is 31.3. The molecule has 2 N–H and O–H groups in total. The number of carbonyl (C=O) groups is 2. The van der Waals surface area contributed by atoms with E-state index in [1.807, 2.05) is 0 Å². The molecule has 2 aromatic rings. The second-order valence-corrected chi connectivity index (χ2v) is 11.9. The number of alkyl halides is 3. The first-order chi connectivity index (χ1) is 20.4. The van der Waals surface area contributed by atoms with Crippen LogP contribution in [-0.4, -0.2) is 42.1 Å². The number of hydrogen-bond donors (Lipinski definition) is 2. The summed E-state index contributed by atoms with van der Waals surface area (Å²) >= 11 is 12.3. The fourth-order valence-corrected chi connectivity index (χ4v) is 6.25. The highest BCUT2D eigenvalue weighted by Gasteiger charge is 2.46. The number of nitrogens with zero attached hydrogens (tertiary/aromatic N) is 1. The Balaban J connectivity index is 1.20. The average Bonchev–Trinajstić information content (AvgIpc) is 2.97. The van der Waals surface area contributed by atoms with Crippen molar-refractivity contribution in [3.63, 3.8) is 0 Å². The Kier molecular flexibility index (Phi) is 9.39. The zero-order valence-electron chi connectivity index (χ0n) is 23.2. The Hall–Kier alpha value is -3.08. The Labute approximate surface area is 257 Å². The molecule has 3 aliphatic rings. The van der Waals surface area contributed by atoms with E-state index < -0.39 is 29.4 Å². The van der Waals surface area contributed by atoms with Crippen molar-refractivity contribution in [2.24, 2.45) is 0 Å². The van der Waals surface area contributed by atoms with Gasteiger partial charge in [-0.2, -0.15) is 13.2 Å². The highest BCUT2D eigenvalue weighted by Crippen LogP contribution is 2.42. The summed E-state index contributed by atoms with van der Waals surface area (Å²) in [6.07, 6.45) is -0.517. The minimum Gasteiger partial charge on any atom is -0.438 e. The van der Waals surface area contributed by atoms with Gasteiger partial charge in [-0.1, -0.05) is 41.4 Å². The lowest BCUT2D eigenvalue weighted by Gasteiger charge is -2.45. The molecule has 2 amide bonds. The fraction of sp³-hybridized carbons (Fsp3) is 0.419. The smallest absolute Gasteiger partial charge is 0.416 e. The maximum absolute atomic E-state index is 14.1. The Bertz CT molecular complexity index is 1430. The number of nitrogens with one attached hydrogen (secondary N) is 2. The van der Waals surface area contributed by atoms with E-state index >= 15 is 0 Å². The van der Waals surface area contributed by atoms with Crippen LogP contribution in [0.2, 0.25) is 10.0 Å². The molecule has 230 valence electrons. The molecule has 0 aromatic heterocycles. The molecule has 1 spiro atoms. The number of allylic oxidation sites excluding steroid dienone is 2. The van der Waals surface area contributed by atoms with Crippen LogP contribution in [0.15, 0.2) is 65.6 Å². The molecule has 1 unspecified atom stereocenters.